The molecule has 11 nitrogen and oxygen atoms in total. The highest BCUT2D eigenvalue weighted by atomic mass is 16.7. The molecule has 346 valence electrons. The van der Waals surface area contributed by atoms with E-state index in [9.17, 15) is 35.7 Å². The molecule has 0 saturated carbocycles. The van der Waals surface area contributed by atoms with Gasteiger partial charge in [-0.15, -0.1) is 0 Å². The summed E-state index contributed by atoms with van der Waals surface area (Å²) in [7, 11) is 0. The van der Waals surface area contributed by atoms with E-state index in [-0.39, 0.29) is 6.10 Å². The van der Waals surface area contributed by atoms with Crippen LogP contribution >= 0.6 is 0 Å². The summed E-state index contributed by atoms with van der Waals surface area (Å²) in [5.74, 6) is 1.63. The molecule has 0 spiro atoms. The van der Waals surface area contributed by atoms with Crippen molar-refractivity contribution < 1.29 is 54.7 Å². The normalized spacial score (nSPS) is 28.0. The third-order valence-corrected chi connectivity index (χ3v) is 12.4. The third-order valence-electron chi connectivity index (χ3n) is 12.4. The zero-order valence-electron chi connectivity index (χ0n) is 37.5. The number of ether oxygens (including phenoxy) is 4. The first kappa shape index (κ1) is 53.7. The molecule has 2 rings (SSSR count). The Bertz CT molecular complexity index is 900. The van der Waals surface area contributed by atoms with Crippen molar-refractivity contribution in [2.45, 2.75) is 275 Å². The predicted octanol–water partition coefficient (Wildman–Crippen LogP) is 8.23. The maximum atomic E-state index is 11.2. The van der Waals surface area contributed by atoms with E-state index >= 15 is 0 Å². The minimum Gasteiger partial charge on any atom is -0.394 e. The molecular formula is C47H92O11. The summed E-state index contributed by atoms with van der Waals surface area (Å²) in [6.45, 7) is 8.00. The van der Waals surface area contributed by atoms with Gasteiger partial charge in [-0.25, -0.2) is 0 Å². The number of hydrogen-bond donors (Lipinski definition) is 7. The largest absolute Gasteiger partial charge is 0.394 e. The summed E-state index contributed by atoms with van der Waals surface area (Å²) in [5.41, 5.74) is 0. The van der Waals surface area contributed by atoms with Crippen LogP contribution in [-0.4, -0.2) is 116 Å². The molecule has 0 aromatic rings. The molecule has 2 saturated heterocycles. The van der Waals surface area contributed by atoms with Crippen LogP contribution in [0.15, 0.2) is 0 Å². The van der Waals surface area contributed by atoms with Gasteiger partial charge in [0.1, 0.15) is 48.8 Å². The van der Waals surface area contributed by atoms with Crippen molar-refractivity contribution in [1.82, 2.24) is 0 Å². The number of hydrogen-bond acceptors (Lipinski definition) is 11. The fraction of sp³-hybridized carbons (Fsp3) is 1.00. The lowest BCUT2D eigenvalue weighted by atomic mass is 9.96. The summed E-state index contributed by atoms with van der Waals surface area (Å²) >= 11 is 0. The first-order chi connectivity index (χ1) is 28.0. The van der Waals surface area contributed by atoms with Crippen LogP contribution < -0.4 is 0 Å². The minimum absolute atomic E-state index is 0.185. The molecule has 0 aliphatic carbocycles. The number of aliphatic hydroxyl groups excluding tert-OH is 7. The van der Waals surface area contributed by atoms with Crippen LogP contribution in [0.2, 0.25) is 0 Å². The quantitative estimate of drug-likeness (QED) is 0.0303. The van der Waals surface area contributed by atoms with E-state index in [1.54, 1.807) is 0 Å². The molecule has 0 radical (unpaired) electrons. The lowest BCUT2D eigenvalue weighted by Gasteiger charge is -2.46. The van der Waals surface area contributed by atoms with Crippen molar-refractivity contribution in [3.05, 3.63) is 0 Å². The van der Waals surface area contributed by atoms with Gasteiger partial charge in [0.25, 0.3) is 0 Å². The monoisotopic (exact) mass is 833 g/mol. The average molecular weight is 833 g/mol. The SMILES string of the molecule is CC(C)CCCCCCCCCCCCCCC(CCCCCCCCCCCCCCC(C)C)O[C@@H]1O[C@H](CO)[C@H](O[C@H]2O[C@H](CO)[C@@H](O)[C@H](O)[C@H]2O)[C@H](O)[C@H]1O. The molecule has 58 heavy (non-hydrogen) atoms. The van der Waals surface area contributed by atoms with Crippen molar-refractivity contribution in [3.63, 3.8) is 0 Å². The van der Waals surface area contributed by atoms with Crippen LogP contribution in [0.25, 0.3) is 0 Å². The lowest BCUT2D eigenvalue weighted by Crippen LogP contribution is -2.64. The van der Waals surface area contributed by atoms with Gasteiger partial charge in [-0.3, -0.25) is 0 Å². The highest BCUT2D eigenvalue weighted by Crippen LogP contribution is 2.31. The molecule has 0 bridgehead atoms. The van der Waals surface area contributed by atoms with Crippen LogP contribution in [0.4, 0.5) is 0 Å². The Morgan fingerprint density at radius 3 is 1.07 bits per heavy atom. The van der Waals surface area contributed by atoms with Gasteiger partial charge in [0.15, 0.2) is 12.6 Å². The Hall–Kier alpha value is -0.440. The van der Waals surface area contributed by atoms with E-state index in [1.807, 2.05) is 0 Å². The summed E-state index contributed by atoms with van der Waals surface area (Å²) in [6, 6.07) is 0. The summed E-state index contributed by atoms with van der Waals surface area (Å²) in [5, 5.41) is 73.0. The standard InChI is InChI=1S/C47H92O11/c1-35(2)29-25-21-17-13-9-5-7-11-15-19-23-27-31-37(32-28-24-20-16-12-8-6-10-14-18-22-26-30-36(3)4)55-46-44(54)42(52)45(39(34-49)57-46)58-47-43(53)41(51)40(50)38(33-48)56-47/h35-54H,5-34H2,1-4H3/t38-,39-,40-,41+,42-,43-,44-,45+,46-,47-/m1/s1. The predicted molar refractivity (Wildman–Crippen MR) is 230 cm³/mol. The molecule has 11 heteroatoms. The second-order valence-corrected chi connectivity index (χ2v) is 18.7. The van der Waals surface area contributed by atoms with Gasteiger partial charge in [0.05, 0.1) is 19.3 Å². The van der Waals surface area contributed by atoms with E-state index in [1.165, 1.54) is 141 Å². The molecule has 0 aromatic carbocycles. The van der Waals surface area contributed by atoms with Gasteiger partial charge in [-0.1, -0.05) is 195 Å². The maximum Gasteiger partial charge on any atom is 0.187 e. The second kappa shape index (κ2) is 33.2. The topological polar surface area (TPSA) is 179 Å². The Morgan fingerprint density at radius 1 is 0.379 bits per heavy atom. The minimum atomic E-state index is -1.71. The molecule has 2 aliphatic heterocycles. The van der Waals surface area contributed by atoms with Gasteiger partial charge in [-0.2, -0.15) is 0 Å². The van der Waals surface area contributed by atoms with E-state index in [4.69, 9.17) is 18.9 Å². The van der Waals surface area contributed by atoms with E-state index < -0.39 is 74.6 Å². The second-order valence-electron chi connectivity index (χ2n) is 18.7. The van der Waals surface area contributed by atoms with Crippen LogP contribution in [0.5, 0.6) is 0 Å². The fourth-order valence-corrected chi connectivity index (χ4v) is 8.52. The zero-order valence-corrected chi connectivity index (χ0v) is 37.5. The van der Waals surface area contributed by atoms with Gasteiger partial charge in [-0.05, 0) is 24.7 Å². The molecule has 0 amide bonds. The molecule has 10 atom stereocenters. The number of rotatable bonds is 36. The molecule has 2 aliphatic rings. The smallest absolute Gasteiger partial charge is 0.187 e. The van der Waals surface area contributed by atoms with Gasteiger partial charge in [0, 0.05) is 0 Å². The van der Waals surface area contributed by atoms with Crippen molar-refractivity contribution in [2.75, 3.05) is 13.2 Å². The van der Waals surface area contributed by atoms with Crippen LogP contribution in [0, 0.1) is 11.8 Å². The molecule has 0 unspecified atom stereocenters. The molecule has 2 heterocycles. The highest BCUT2D eigenvalue weighted by Gasteiger charge is 2.51. The Balaban J connectivity index is 1.79. The van der Waals surface area contributed by atoms with Gasteiger partial charge < -0.3 is 54.7 Å². The Labute approximate surface area is 354 Å². The fourth-order valence-electron chi connectivity index (χ4n) is 8.52. The van der Waals surface area contributed by atoms with Crippen LogP contribution in [0.3, 0.4) is 0 Å². The Morgan fingerprint density at radius 2 is 0.707 bits per heavy atom. The first-order valence-corrected chi connectivity index (χ1v) is 24.2. The van der Waals surface area contributed by atoms with Crippen molar-refractivity contribution >= 4 is 0 Å². The molecular weight excluding hydrogens is 741 g/mol. The number of aliphatic hydroxyl groups is 7. The summed E-state index contributed by atoms with van der Waals surface area (Å²) in [4.78, 5) is 0. The van der Waals surface area contributed by atoms with Crippen LogP contribution in [0.1, 0.15) is 207 Å². The van der Waals surface area contributed by atoms with Gasteiger partial charge >= 0.3 is 0 Å². The first-order valence-electron chi connectivity index (χ1n) is 24.2. The average Bonchev–Trinajstić information content (AvgIpc) is 3.20. The molecule has 7 N–H and O–H groups in total. The zero-order chi connectivity index (χ0) is 42.5. The molecule has 0 aromatic heterocycles. The van der Waals surface area contributed by atoms with Crippen molar-refractivity contribution in [2.24, 2.45) is 11.8 Å². The van der Waals surface area contributed by atoms with Crippen molar-refractivity contribution in [1.29, 1.82) is 0 Å². The van der Waals surface area contributed by atoms with Crippen molar-refractivity contribution in [3.8, 4) is 0 Å². The lowest BCUT2D eigenvalue weighted by molar-refractivity contribution is -0.363. The Kier molecular flexibility index (Phi) is 30.7. The molecule has 2 fully saturated rings. The van der Waals surface area contributed by atoms with E-state index in [0.717, 1.165) is 50.4 Å². The summed E-state index contributed by atoms with van der Waals surface area (Å²) < 4.78 is 23.6. The highest BCUT2D eigenvalue weighted by molar-refractivity contribution is 4.94. The third kappa shape index (κ3) is 22.6. The summed E-state index contributed by atoms with van der Waals surface area (Å²) in [6.07, 6.45) is 20.2. The maximum absolute atomic E-state index is 11.2. The van der Waals surface area contributed by atoms with E-state index in [2.05, 4.69) is 27.7 Å². The number of unbranched alkanes of at least 4 members (excludes halogenated alkanes) is 22. The van der Waals surface area contributed by atoms with Crippen LogP contribution in [-0.2, 0) is 18.9 Å². The van der Waals surface area contributed by atoms with Gasteiger partial charge in [0.2, 0.25) is 0 Å². The van der Waals surface area contributed by atoms with E-state index in [0.29, 0.717) is 0 Å².